The molecule has 0 unspecified atom stereocenters. The van der Waals surface area contributed by atoms with Crippen LogP contribution in [0.25, 0.3) is 10.4 Å². The summed E-state index contributed by atoms with van der Waals surface area (Å²) in [7, 11) is 0. The number of aliphatic hydroxyl groups is 1. The number of nitrogens with one attached hydrogen (secondary N) is 1. The van der Waals surface area contributed by atoms with Crippen LogP contribution in [0.2, 0.25) is 0 Å². The lowest BCUT2D eigenvalue weighted by atomic mass is 9.74. The topological polar surface area (TPSA) is 109 Å². The average Bonchev–Trinajstić information content (AvgIpc) is 3.59. The van der Waals surface area contributed by atoms with Gasteiger partial charge in [0.15, 0.2) is 0 Å². The lowest BCUT2D eigenvalue weighted by Crippen LogP contribution is -2.49. The van der Waals surface area contributed by atoms with Gasteiger partial charge in [-0.2, -0.15) is 0 Å². The van der Waals surface area contributed by atoms with Gasteiger partial charge in [0.25, 0.3) is 0 Å². The first-order valence-corrected chi connectivity index (χ1v) is 13.6. The molecule has 1 aliphatic rings. The van der Waals surface area contributed by atoms with Gasteiger partial charge >= 0.3 is 0 Å². The third-order valence-corrected chi connectivity index (χ3v) is 8.49. The van der Waals surface area contributed by atoms with Crippen molar-refractivity contribution in [2.45, 2.75) is 78.5 Å². The van der Waals surface area contributed by atoms with Gasteiger partial charge in [0.2, 0.25) is 11.8 Å². The molecule has 198 valence electrons. The molecule has 8 nitrogen and oxygen atoms in total. The van der Waals surface area contributed by atoms with Crippen molar-refractivity contribution in [3.63, 3.8) is 0 Å². The highest BCUT2D eigenvalue weighted by Gasteiger charge is 2.46. The van der Waals surface area contributed by atoms with E-state index < -0.39 is 23.5 Å². The second-order valence-electron chi connectivity index (χ2n) is 10.7. The van der Waals surface area contributed by atoms with E-state index in [9.17, 15) is 14.7 Å². The lowest BCUT2D eigenvalue weighted by Gasteiger charge is -2.35. The van der Waals surface area contributed by atoms with Gasteiger partial charge in [0.1, 0.15) is 17.7 Å². The molecular formula is C28H36N4O4S. The molecule has 4 rings (SSSR count). The minimum atomic E-state index is -0.765. The van der Waals surface area contributed by atoms with Crippen LogP contribution in [0.3, 0.4) is 0 Å². The van der Waals surface area contributed by atoms with E-state index in [1.807, 2.05) is 71.3 Å². The molecule has 9 heteroatoms. The van der Waals surface area contributed by atoms with Crippen LogP contribution < -0.4 is 5.32 Å². The predicted molar refractivity (Wildman–Crippen MR) is 143 cm³/mol. The largest absolute Gasteiger partial charge is 0.391 e. The molecule has 0 spiro atoms. The van der Waals surface area contributed by atoms with Crippen LogP contribution in [-0.2, 0) is 9.59 Å². The highest BCUT2D eigenvalue weighted by atomic mass is 32.1. The van der Waals surface area contributed by atoms with Crippen molar-refractivity contribution in [3.05, 3.63) is 58.6 Å². The molecule has 3 heterocycles. The number of thiazole rings is 1. The van der Waals surface area contributed by atoms with Crippen molar-refractivity contribution in [1.29, 1.82) is 0 Å². The number of hydrogen-bond acceptors (Lipinski definition) is 7. The fraction of sp³-hybridized carbons (Fsp3) is 0.500. The first-order chi connectivity index (χ1) is 17.5. The van der Waals surface area contributed by atoms with Crippen LogP contribution >= 0.6 is 11.3 Å². The SMILES string of the molecule is CCC(C)(C)[C@@H](C(=O)N1C[C@H](O)C[C@H]1C(=O)N[C@@H](C)c1ccc(-c2scnc2C)cc1)c1cc(C)no1. The van der Waals surface area contributed by atoms with E-state index in [4.69, 9.17) is 4.52 Å². The number of aliphatic hydroxyl groups excluding tert-OH is 1. The molecule has 0 saturated carbocycles. The molecule has 1 aromatic carbocycles. The van der Waals surface area contributed by atoms with Gasteiger partial charge < -0.3 is 19.8 Å². The van der Waals surface area contributed by atoms with Crippen molar-refractivity contribution < 1.29 is 19.2 Å². The number of hydrogen-bond donors (Lipinski definition) is 2. The highest BCUT2D eigenvalue weighted by molar-refractivity contribution is 7.13. The first-order valence-electron chi connectivity index (χ1n) is 12.7. The van der Waals surface area contributed by atoms with Crippen molar-refractivity contribution >= 4 is 23.2 Å². The van der Waals surface area contributed by atoms with Gasteiger partial charge in [-0.15, -0.1) is 11.3 Å². The summed E-state index contributed by atoms with van der Waals surface area (Å²) < 4.78 is 5.52. The number of nitrogens with zero attached hydrogens (tertiary/aromatic N) is 3. The van der Waals surface area contributed by atoms with Gasteiger partial charge in [0, 0.05) is 19.0 Å². The standard InChI is InChI=1S/C28H36N4O4S/c1-7-28(5,6)24(23-12-16(2)31-36-23)27(35)32-14-21(33)13-22(32)26(34)30-17(3)19-8-10-20(11-9-19)25-18(4)29-15-37-25/h8-12,15,17,21-22,24,33H,7,13-14H2,1-6H3,(H,30,34)/t17-,21+,22-,24+/m0/s1. The van der Waals surface area contributed by atoms with E-state index >= 15 is 0 Å². The number of aromatic nitrogens is 2. The van der Waals surface area contributed by atoms with Gasteiger partial charge in [-0.25, -0.2) is 4.98 Å². The third-order valence-electron chi connectivity index (χ3n) is 7.51. The van der Waals surface area contributed by atoms with Crippen LogP contribution in [0.4, 0.5) is 0 Å². The van der Waals surface area contributed by atoms with Gasteiger partial charge in [-0.1, -0.05) is 50.2 Å². The van der Waals surface area contributed by atoms with E-state index in [0.717, 1.165) is 28.1 Å². The minimum absolute atomic E-state index is 0.109. The highest BCUT2D eigenvalue weighted by Crippen LogP contribution is 2.41. The number of aryl methyl sites for hydroxylation is 2. The molecule has 2 N–H and O–H groups in total. The zero-order valence-electron chi connectivity index (χ0n) is 22.3. The Morgan fingerprint density at radius 2 is 1.97 bits per heavy atom. The summed E-state index contributed by atoms with van der Waals surface area (Å²) >= 11 is 1.60. The van der Waals surface area contributed by atoms with Gasteiger partial charge in [-0.3, -0.25) is 9.59 Å². The maximum atomic E-state index is 13.9. The van der Waals surface area contributed by atoms with Gasteiger partial charge in [0.05, 0.1) is 33.9 Å². The summed E-state index contributed by atoms with van der Waals surface area (Å²) in [5, 5.41) is 17.5. The number of likely N-dealkylation sites (tertiary alicyclic amines) is 1. The van der Waals surface area contributed by atoms with Crippen LogP contribution in [0.5, 0.6) is 0 Å². The Morgan fingerprint density at radius 1 is 1.27 bits per heavy atom. The van der Waals surface area contributed by atoms with E-state index in [2.05, 4.69) is 15.5 Å². The molecule has 0 aliphatic carbocycles. The Kier molecular flexibility index (Phi) is 7.85. The van der Waals surface area contributed by atoms with Gasteiger partial charge in [-0.05, 0) is 43.7 Å². The normalized spacial score (nSPS) is 19.6. The van der Waals surface area contributed by atoms with E-state index in [-0.39, 0.29) is 30.8 Å². The maximum absolute atomic E-state index is 13.9. The average molecular weight is 525 g/mol. The minimum Gasteiger partial charge on any atom is -0.391 e. The summed E-state index contributed by atoms with van der Waals surface area (Å²) in [4.78, 5) is 34.3. The van der Waals surface area contributed by atoms with Crippen molar-refractivity contribution in [3.8, 4) is 10.4 Å². The van der Waals surface area contributed by atoms with E-state index in [1.54, 1.807) is 17.4 Å². The predicted octanol–water partition coefficient (Wildman–Crippen LogP) is 4.77. The van der Waals surface area contributed by atoms with Crippen molar-refractivity contribution in [2.24, 2.45) is 5.41 Å². The summed E-state index contributed by atoms with van der Waals surface area (Å²) in [5.74, 6) is -0.628. The van der Waals surface area contributed by atoms with Crippen LogP contribution in [0.1, 0.15) is 75.2 Å². The summed E-state index contributed by atoms with van der Waals surface area (Å²) in [5.41, 5.74) is 5.14. The molecule has 2 aromatic heterocycles. The molecule has 4 atom stereocenters. The fourth-order valence-corrected chi connectivity index (χ4v) is 5.74. The number of amides is 2. The zero-order chi connectivity index (χ0) is 26.9. The summed E-state index contributed by atoms with van der Waals surface area (Å²) in [6.45, 7) is 11.9. The maximum Gasteiger partial charge on any atom is 0.243 e. The molecule has 0 bridgehead atoms. The quantitative estimate of drug-likeness (QED) is 0.439. The molecule has 37 heavy (non-hydrogen) atoms. The van der Waals surface area contributed by atoms with E-state index in [1.165, 1.54) is 4.90 Å². The molecule has 2 amide bonds. The van der Waals surface area contributed by atoms with Crippen molar-refractivity contribution in [1.82, 2.24) is 20.4 Å². The lowest BCUT2D eigenvalue weighted by molar-refractivity contribution is -0.142. The Bertz CT molecular complexity index is 1250. The summed E-state index contributed by atoms with van der Waals surface area (Å²) in [6, 6.07) is 8.81. The van der Waals surface area contributed by atoms with Crippen LogP contribution in [0, 0.1) is 19.3 Å². The first kappa shape index (κ1) is 27.0. The molecular weight excluding hydrogens is 488 g/mol. The molecule has 1 saturated heterocycles. The number of carbonyl (C=O) groups excluding carboxylic acids is 2. The van der Waals surface area contributed by atoms with Crippen molar-refractivity contribution in [2.75, 3.05) is 6.54 Å². The fourth-order valence-electron chi connectivity index (χ4n) is 4.93. The second kappa shape index (κ2) is 10.8. The Labute approximate surface area is 222 Å². The number of carbonyl (C=O) groups is 2. The van der Waals surface area contributed by atoms with Crippen LogP contribution in [0.15, 0.2) is 40.4 Å². The number of β-amino-alcohol motifs (C(OH)–C–C–N with tert-alkyl or cyclic N) is 1. The number of benzene rings is 1. The Hall–Kier alpha value is -3.04. The molecule has 1 aliphatic heterocycles. The zero-order valence-corrected chi connectivity index (χ0v) is 23.1. The van der Waals surface area contributed by atoms with Crippen LogP contribution in [-0.4, -0.2) is 50.7 Å². The molecule has 0 radical (unpaired) electrons. The molecule has 1 fully saturated rings. The van der Waals surface area contributed by atoms with E-state index in [0.29, 0.717) is 11.5 Å². The third kappa shape index (κ3) is 5.62. The number of rotatable bonds is 8. The Morgan fingerprint density at radius 3 is 2.54 bits per heavy atom. The molecule has 3 aromatic rings. The monoisotopic (exact) mass is 524 g/mol. The second-order valence-corrected chi connectivity index (χ2v) is 11.5. The smallest absolute Gasteiger partial charge is 0.243 e. The Balaban J connectivity index is 1.51. The summed E-state index contributed by atoms with van der Waals surface area (Å²) in [6.07, 6.45) is 0.159.